The van der Waals surface area contributed by atoms with E-state index in [-0.39, 0.29) is 0 Å². The Morgan fingerprint density at radius 2 is 1.89 bits per heavy atom. The molecule has 0 fully saturated rings. The zero-order valence-electron chi connectivity index (χ0n) is 10.7. The number of anilines is 2. The van der Waals surface area contributed by atoms with Crippen LogP contribution in [0.3, 0.4) is 0 Å². The van der Waals surface area contributed by atoms with Gasteiger partial charge in [-0.3, -0.25) is 0 Å². The number of nitrogens with zero attached hydrogens (tertiary/aromatic N) is 1. The van der Waals surface area contributed by atoms with Gasteiger partial charge in [-0.25, -0.2) is 0 Å². The smallest absolute Gasteiger partial charge is 0.119 e. The van der Waals surface area contributed by atoms with Gasteiger partial charge in [0.2, 0.25) is 0 Å². The summed E-state index contributed by atoms with van der Waals surface area (Å²) in [6.07, 6.45) is 0. The molecule has 0 bridgehead atoms. The van der Waals surface area contributed by atoms with Crippen LogP contribution >= 0.6 is 11.6 Å². The van der Waals surface area contributed by atoms with E-state index in [1.807, 2.05) is 25.1 Å². The van der Waals surface area contributed by atoms with Gasteiger partial charge in [-0.1, -0.05) is 11.6 Å². The average Bonchev–Trinajstić information content (AvgIpc) is 2.42. The topological polar surface area (TPSA) is 45.0 Å². The summed E-state index contributed by atoms with van der Waals surface area (Å²) in [5, 5.41) is 12.6. The van der Waals surface area contributed by atoms with Crippen LogP contribution in [0, 0.1) is 18.3 Å². The van der Waals surface area contributed by atoms with Crippen molar-refractivity contribution in [3.8, 4) is 11.8 Å². The van der Waals surface area contributed by atoms with Gasteiger partial charge in [0.1, 0.15) is 5.75 Å². The van der Waals surface area contributed by atoms with E-state index in [1.54, 1.807) is 25.3 Å². The Morgan fingerprint density at radius 1 is 1.16 bits per heavy atom. The van der Waals surface area contributed by atoms with Crippen LogP contribution < -0.4 is 10.1 Å². The molecule has 0 aliphatic carbocycles. The molecule has 2 aromatic rings. The molecule has 0 saturated carbocycles. The average molecular weight is 273 g/mol. The Labute approximate surface area is 117 Å². The number of ether oxygens (including phenoxy) is 1. The minimum Gasteiger partial charge on any atom is -0.497 e. The van der Waals surface area contributed by atoms with Crippen LogP contribution in [0.1, 0.15) is 11.1 Å². The van der Waals surface area contributed by atoms with Crippen LogP contribution in [0.15, 0.2) is 36.4 Å². The van der Waals surface area contributed by atoms with Crippen LogP contribution in [0.4, 0.5) is 11.4 Å². The second kappa shape index (κ2) is 5.64. The number of hydrogen-bond acceptors (Lipinski definition) is 3. The Bertz CT molecular complexity index is 647. The molecule has 96 valence electrons. The molecule has 3 nitrogen and oxygen atoms in total. The standard InChI is InChI=1S/C15H13ClN2O/c1-10-7-12(19-2)4-6-14(10)18-15-5-3-11(9-17)8-13(15)16/h3-8,18H,1-2H3. The molecule has 19 heavy (non-hydrogen) atoms. The molecular weight excluding hydrogens is 260 g/mol. The highest BCUT2D eigenvalue weighted by atomic mass is 35.5. The number of aryl methyl sites for hydroxylation is 1. The fraction of sp³-hybridized carbons (Fsp3) is 0.133. The lowest BCUT2D eigenvalue weighted by atomic mass is 10.1. The third-order valence-electron chi connectivity index (χ3n) is 2.80. The third-order valence-corrected chi connectivity index (χ3v) is 3.11. The van der Waals surface area contributed by atoms with Crippen LogP contribution in [-0.4, -0.2) is 7.11 Å². The second-order valence-corrected chi connectivity index (χ2v) is 4.52. The summed E-state index contributed by atoms with van der Waals surface area (Å²) in [7, 11) is 1.64. The van der Waals surface area contributed by atoms with Crippen molar-refractivity contribution in [2.24, 2.45) is 0 Å². The summed E-state index contributed by atoms with van der Waals surface area (Å²) in [4.78, 5) is 0. The maximum Gasteiger partial charge on any atom is 0.119 e. The Hall–Kier alpha value is -2.18. The molecule has 0 spiro atoms. The van der Waals surface area contributed by atoms with Crippen molar-refractivity contribution in [1.29, 1.82) is 5.26 Å². The van der Waals surface area contributed by atoms with Crippen molar-refractivity contribution in [3.63, 3.8) is 0 Å². The number of rotatable bonds is 3. The highest BCUT2D eigenvalue weighted by Gasteiger charge is 2.05. The fourth-order valence-corrected chi connectivity index (χ4v) is 1.96. The summed E-state index contributed by atoms with van der Waals surface area (Å²) >= 11 is 6.13. The van der Waals surface area contributed by atoms with E-state index >= 15 is 0 Å². The summed E-state index contributed by atoms with van der Waals surface area (Å²) in [5.74, 6) is 0.814. The maximum atomic E-state index is 8.80. The van der Waals surface area contributed by atoms with Gasteiger partial charge < -0.3 is 10.1 Å². The van der Waals surface area contributed by atoms with Crippen LogP contribution in [0.2, 0.25) is 5.02 Å². The highest BCUT2D eigenvalue weighted by molar-refractivity contribution is 6.33. The second-order valence-electron chi connectivity index (χ2n) is 4.11. The Morgan fingerprint density at radius 3 is 2.47 bits per heavy atom. The molecule has 0 amide bonds. The molecule has 4 heteroatoms. The molecule has 2 aromatic carbocycles. The van der Waals surface area contributed by atoms with E-state index in [0.717, 1.165) is 22.7 Å². The first-order valence-corrected chi connectivity index (χ1v) is 6.13. The van der Waals surface area contributed by atoms with E-state index in [2.05, 4.69) is 11.4 Å². The van der Waals surface area contributed by atoms with Gasteiger partial charge in [0.05, 0.1) is 29.5 Å². The van der Waals surface area contributed by atoms with Gasteiger partial charge in [-0.2, -0.15) is 5.26 Å². The maximum absolute atomic E-state index is 8.80. The highest BCUT2D eigenvalue weighted by Crippen LogP contribution is 2.29. The van der Waals surface area contributed by atoms with E-state index in [4.69, 9.17) is 21.6 Å². The van der Waals surface area contributed by atoms with Gasteiger partial charge in [-0.15, -0.1) is 0 Å². The monoisotopic (exact) mass is 272 g/mol. The van der Waals surface area contributed by atoms with Crippen LogP contribution in [0.25, 0.3) is 0 Å². The minimum absolute atomic E-state index is 0.522. The number of hydrogen-bond donors (Lipinski definition) is 1. The molecule has 0 heterocycles. The molecule has 0 unspecified atom stereocenters. The number of nitriles is 1. The lowest BCUT2D eigenvalue weighted by molar-refractivity contribution is 0.414. The molecule has 0 radical (unpaired) electrons. The third kappa shape index (κ3) is 2.98. The number of nitrogens with one attached hydrogen (secondary N) is 1. The van der Waals surface area contributed by atoms with Crippen molar-refractivity contribution in [3.05, 3.63) is 52.5 Å². The lowest BCUT2D eigenvalue weighted by Gasteiger charge is -2.12. The summed E-state index contributed by atoms with van der Waals surface area (Å²) in [5.41, 5.74) is 3.32. The van der Waals surface area contributed by atoms with Crippen molar-refractivity contribution < 1.29 is 4.74 Å². The van der Waals surface area contributed by atoms with Crippen LogP contribution in [0.5, 0.6) is 5.75 Å². The summed E-state index contributed by atoms with van der Waals surface area (Å²) in [6, 6.07) is 13.0. The van der Waals surface area contributed by atoms with E-state index < -0.39 is 0 Å². The molecule has 0 aliphatic heterocycles. The Kier molecular flexibility index (Phi) is 3.94. The zero-order chi connectivity index (χ0) is 13.8. The minimum atomic E-state index is 0.522. The van der Waals surface area contributed by atoms with Gasteiger partial charge in [-0.05, 0) is 48.9 Å². The lowest BCUT2D eigenvalue weighted by Crippen LogP contribution is -1.95. The van der Waals surface area contributed by atoms with E-state index in [0.29, 0.717) is 10.6 Å². The van der Waals surface area contributed by atoms with E-state index in [1.165, 1.54) is 0 Å². The predicted octanol–water partition coefficient (Wildman–Crippen LogP) is 4.27. The molecule has 2 rings (SSSR count). The summed E-state index contributed by atoms with van der Waals surface area (Å²) in [6.45, 7) is 1.99. The predicted molar refractivity (Wildman–Crippen MR) is 77.2 cm³/mol. The van der Waals surface area contributed by atoms with Crippen molar-refractivity contribution in [2.75, 3.05) is 12.4 Å². The van der Waals surface area contributed by atoms with E-state index in [9.17, 15) is 0 Å². The molecule has 0 aliphatic rings. The first-order chi connectivity index (χ1) is 9.13. The van der Waals surface area contributed by atoms with Crippen molar-refractivity contribution in [2.45, 2.75) is 6.92 Å². The normalized spacial score (nSPS) is 9.79. The summed E-state index contributed by atoms with van der Waals surface area (Å²) < 4.78 is 5.16. The first-order valence-electron chi connectivity index (χ1n) is 5.75. The van der Waals surface area contributed by atoms with Gasteiger partial charge >= 0.3 is 0 Å². The quantitative estimate of drug-likeness (QED) is 0.907. The number of halogens is 1. The van der Waals surface area contributed by atoms with Crippen molar-refractivity contribution in [1.82, 2.24) is 0 Å². The van der Waals surface area contributed by atoms with Crippen molar-refractivity contribution >= 4 is 23.0 Å². The van der Waals surface area contributed by atoms with Gasteiger partial charge in [0, 0.05) is 5.69 Å². The molecule has 0 atom stereocenters. The largest absolute Gasteiger partial charge is 0.497 e. The first kappa shape index (κ1) is 13.3. The van der Waals surface area contributed by atoms with Gasteiger partial charge in [0.15, 0.2) is 0 Å². The molecule has 1 N–H and O–H groups in total. The number of methoxy groups -OCH3 is 1. The molecule has 0 saturated heterocycles. The fourth-order valence-electron chi connectivity index (χ4n) is 1.73. The Balaban J connectivity index is 2.29. The SMILES string of the molecule is COc1ccc(Nc2ccc(C#N)cc2Cl)c(C)c1. The van der Waals surface area contributed by atoms with Gasteiger partial charge in [0.25, 0.3) is 0 Å². The van der Waals surface area contributed by atoms with Crippen LogP contribution in [-0.2, 0) is 0 Å². The molecular formula is C15H13ClN2O. The zero-order valence-corrected chi connectivity index (χ0v) is 11.5. The number of benzene rings is 2. The molecule has 0 aromatic heterocycles.